The zero-order valence-electron chi connectivity index (χ0n) is 13.3. The van der Waals surface area contributed by atoms with Gasteiger partial charge in [0.15, 0.2) is 5.82 Å². The second kappa shape index (κ2) is 6.74. The van der Waals surface area contributed by atoms with E-state index in [4.69, 9.17) is 0 Å². The molecule has 1 aromatic heterocycles. The summed E-state index contributed by atoms with van der Waals surface area (Å²) in [4.78, 5) is 31.3. The van der Waals surface area contributed by atoms with E-state index in [1.54, 1.807) is 18.3 Å². The highest BCUT2D eigenvalue weighted by Gasteiger charge is 2.35. The molecule has 1 aliphatic rings. The van der Waals surface area contributed by atoms with Crippen LogP contribution in [0.1, 0.15) is 36.0 Å². The molecule has 1 aromatic carbocycles. The third-order valence-electron chi connectivity index (χ3n) is 4.01. The first-order valence-corrected chi connectivity index (χ1v) is 7.85. The maximum absolute atomic E-state index is 12.3. The van der Waals surface area contributed by atoms with Crippen LogP contribution in [0.2, 0.25) is 0 Å². The lowest BCUT2D eigenvalue weighted by Gasteiger charge is -2.17. The molecule has 0 spiro atoms. The maximum atomic E-state index is 12.3. The third-order valence-corrected chi connectivity index (χ3v) is 4.01. The summed E-state index contributed by atoms with van der Waals surface area (Å²) >= 11 is 0. The number of aromatic nitrogens is 2. The molecule has 1 N–H and O–H groups in total. The van der Waals surface area contributed by atoms with Crippen molar-refractivity contribution in [3.05, 3.63) is 63.7 Å². The van der Waals surface area contributed by atoms with E-state index >= 15 is 0 Å². The number of rotatable bonds is 6. The maximum Gasteiger partial charge on any atom is 0.269 e. The van der Waals surface area contributed by atoms with Crippen molar-refractivity contribution in [1.29, 1.82) is 0 Å². The number of nitrogens with one attached hydrogen (secondary N) is 1. The Bertz CT molecular complexity index is 757. The average molecular weight is 326 g/mol. The van der Waals surface area contributed by atoms with Crippen molar-refractivity contribution in [3.63, 3.8) is 0 Å². The summed E-state index contributed by atoms with van der Waals surface area (Å²) in [5.74, 6) is 0.896. The molecule has 0 bridgehead atoms. The number of carbonyl (C=O) groups is 1. The van der Waals surface area contributed by atoms with Gasteiger partial charge in [-0.3, -0.25) is 14.9 Å². The summed E-state index contributed by atoms with van der Waals surface area (Å²) in [5, 5.41) is 13.7. The number of amides is 1. The Kier molecular flexibility index (Phi) is 4.50. The second-order valence-electron chi connectivity index (χ2n) is 6.04. The van der Waals surface area contributed by atoms with Crippen molar-refractivity contribution >= 4 is 11.6 Å². The summed E-state index contributed by atoms with van der Waals surface area (Å²) < 4.78 is 0. The van der Waals surface area contributed by atoms with Crippen LogP contribution in [0.15, 0.2) is 36.5 Å². The average Bonchev–Trinajstić information content (AvgIpc) is 3.38. The standard InChI is InChI=1S/C17H18N4O3/c1-11-8-9-18-17(19-11)16(13-4-5-13)20-15(22)10-12-2-6-14(7-3-12)21(23)24/h2-3,6-9,13,16H,4-5,10H2,1H3,(H,20,22)/t16-/m0/s1. The number of nitrogens with zero attached hydrogens (tertiary/aromatic N) is 3. The minimum Gasteiger partial charge on any atom is -0.346 e. The molecule has 0 radical (unpaired) electrons. The largest absolute Gasteiger partial charge is 0.346 e. The van der Waals surface area contributed by atoms with E-state index in [0.717, 1.165) is 24.1 Å². The van der Waals surface area contributed by atoms with Gasteiger partial charge in [-0.25, -0.2) is 9.97 Å². The summed E-state index contributed by atoms with van der Waals surface area (Å²) in [6.07, 6.45) is 3.99. The van der Waals surface area contributed by atoms with Gasteiger partial charge in [-0.1, -0.05) is 12.1 Å². The van der Waals surface area contributed by atoms with Gasteiger partial charge in [0.05, 0.1) is 17.4 Å². The van der Waals surface area contributed by atoms with E-state index in [2.05, 4.69) is 15.3 Å². The number of nitro groups is 1. The molecule has 0 unspecified atom stereocenters. The van der Waals surface area contributed by atoms with Crippen molar-refractivity contribution in [2.75, 3.05) is 0 Å². The van der Waals surface area contributed by atoms with Crippen LogP contribution in [0.5, 0.6) is 0 Å². The highest BCUT2D eigenvalue weighted by molar-refractivity contribution is 5.79. The zero-order chi connectivity index (χ0) is 17.1. The highest BCUT2D eigenvalue weighted by atomic mass is 16.6. The van der Waals surface area contributed by atoms with Gasteiger partial charge in [-0.15, -0.1) is 0 Å². The highest BCUT2D eigenvalue weighted by Crippen LogP contribution is 2.39. The van der Waals surface area contributed by atoms with E-state index in [-0.39, 0.29) is 24.1 Å². The fraction of sp³-hybridized carbons (Fsp3) is 0.353. The van der Waals surface area contributed by atoms with Gasteiger partial charge in [0.1, 0.15) is 0 Å². The van der Waals surface area contributed by atoms with Crippen molar-refractivity contribution in [1.82, 2.24) is 15.3 Å². The molecule has 1 atom stereocenters. The smallest absolute Gasteiger partial charge is 0.269 e. The number of benzene rings is 1. The number of non-ortho nitro benzene ring substituents is 1. The molecule has 0 saturated heterocycles. The van der Waals surface area contributed by atoms with Crippen molar-refractivity contribution < 1.29 is 9.72 Å². The summed E-state index contributed by atoms with van der Waals surface area (Å²) in [6.45, 7) is 1.90. The van der Waals surface area contributed by atoms with E-state index in [9.17, 15) is 14.9 Å². The van der Waals surface area contributed by atoms with Crippen LogP contribution in [-0.2, 0) is 11.2 Å². The molecule has 7 heteroatoms. The fourth-order valence-electron chi connectivity index (χ4n) is 2.59. The van der Waals surface area contributed by atoms with Gasteiger partial charge in [0.2, 0.25) is 5.91 Å². The summed E-state index contributed by atoms with van der Waals surface area (Å²) in [6, 6.07) is 7.68. The molecule has 2 aromatic rings. The molecular weight excluding hydrogens is 308 g/mol. The molecule has 7 nitrogen and oxygen atoms in total. The Hall–Kier alpha value is -2.83. The number of nitro benzene ring substituents is 1. The monoisotopic (exact) mass is 326 g/mol. The molecule has 24 heavy (non-hydrogen) atoms. The first-order chi connectivity index (χ1) is 11.5. The predicted molar refractivity (Wildman–Crippen MR) is 87.2 cm³/mol. The number of hydrogen-bond acceptors (Lipinski definition) is 5. The number of aryl methyl sites for hydroxylation is 1. The van der Waals surface area contributed by atoms with E-state index in [1.807, 2.05) is 13.0 Å². The lowest BCUT2D eigenvalue weighted by atomic mass is 10.1. The molecular formula is C17H18N4O3. The fourth-order valence-corrected chi connectivity index (χ4v) is 2.59. The predicted octanol–water partition coefficient (Wildman–Crippen LogP) is 2.50. The lowest BCUT2D eigenvalue weighted by molar-refractivity contribution is -0.384. The van der Waals surface area contributed by atoms with Crippen LogP contribution in [0, 0.1) is 23.0 Å². The van der Waals surface area contributed by atoms with E-state index in [1.165, 1.54) is 12.1 Å². The Morgan fingerprint density at radius 3 is 2.62 bits per heavy atom. The molecule has 124 valence electrons. The second-order valence-corrected chi connectivity index (χ2v) is 6.04. The van der Waals surface area contributed by atoms with Crippen molar-refractivity contribution in [2.45, 2.75) is 32.2 Å². The molecule has 1 fully saturated rings. The van der Waals surface area contributed by atoms with Crippen molar-refractivity contribution in [2.24, 2.45) is 5.92 Å². The normalized spacial score (nSPS) is 14.9. The lowest BCUT2D eigenvalue weighted by Crippen LogP contribution is -2.32. The van der Waals surface area contributed by atoms with Crippen LogP contribution in [0.4, 0.5) is 5.69 Å². The van der Waals surface area contributed by atoms with Crippen LogP contribution in [0.3, 0.4) is 0 Å². The van der Waals surface area contributed by atoms with Crippen LogP contribution in [0.25, 0.3) is 0 Å². The van der Waals surface area contributed by atoms with Gasteiger partial charge in [0.25, 0.3) is 5.69 Å². The number of hydrogen-bond donors (Lipinski definition) is 1. The minimum atomic E-state index is -0.456. The summed E-state index contributed by atoms with van der Waals surface area (Å²) in [7, 11) is 0. The van der Waals surface area contributed by atoms with Crippen LogP contribution < -0.4 is 5.32 Å². The van der Waals surface area contributed by atoms with E-state index < -0.39 is 4.92 Å². The molecule has 1 amide bonds. The molecule has 3 rings (SSSR count). The van der Waals surface area contributed by atoms with E-state index in [0.29, 0.717) is 11.7 Å². The topological polar surface area (TPSA) is 98.0 Å². The van der Waals surface area contributed by atoms with Gasteiger partial charge < -0.3 is 5.32 Å². The molecule has 1 heterocycles. The number of carbonyl (C=O) groups excluding carboxylic acids is 1. The van der Waals surface area contributed by atoms with Gasteiger partial charge in [-0.05, 0) is 37.3 Å². The van der Waals surface area contributed by atoms with Gasteiger partial charge >= 0.3 is 0 Å². The summed E-state index contributed by atoms with van der Waals surface area (Å²) in [5.41, 5.74) is 1.62. The third kappa shape index (κ3) is 3.92. The Balaban J connectivity index is 1.67. The van der Waals surface area contributed by atoms with Crippen LogP contribution >= 0.6 is 0 Å². The van der Waals surface area contributed by atoms with Gasteiger partial charge in [0, 0.05) is 24.0 Å². The Morgan fingerprint density at radius 2 is 2.04 bits per heavy atom. The quantitative estimate of drug-likeness (QED) is 0.649. The molecule has 0 aliphatic heterocycles. The first kappa shape index (κ1) is 16.0. The van der Waals surface area contributed by atoms with Gasteiger partial charge in [-0.2, -0.15) is 0 Å². The Morgan fingerprint density at radius 1 is 1.33 bits per heavy atom. The zero-order valence-corrected chi connectivity index (χ0v) is 13.3. The first-order valence-electron chi connectivity index (χ1n) is 7.85. The minimum absolute atomic E-state index is 0.0168. The molecule has 1 aliphatic carbocycles. The van der Waals surface area contributed by atoms with Crippen LogP contribution in [-0.4, -0.2) is 20.8 Å². The Labute approximate surface area is 139 Å². The SMILES string of the molecule is Cc1ccnc([C@@H](NC(=O)Cc2ccc([N+](=O)[O-])cc2)C2CC2)n1. The molecule has 1 saturated carbocycles. The van der Waals surface area contributed by atoms with Crippen molar-refractivity contribution in [3.8, 4) is 0 Å².